The van der Waals surface area contributed by atoms with E-state index >= 15 is 0 Å². The summed E-state index contributed by atoms with van der Waals surface area (Å²) in [6.45, 7) is 12.9. The van der Waals surface area contributed by atoms with E-state index in [0.717, 1.165) is 10.0 Å². The van der Waals surface area contributed by atoms with Crippen molar-refractivity contribution in [3.63, 3.8) is 0 Å². The Balaban J connectivity index is 1.83. The summed E-state index contributed by atoms with van der Waals surface area (Å²) in [4.78, 5) is 39.0. The van der Waals surface area contributed by atoms with Gasteiger partial charge in [0.2, 0.25) is 0 Å². The molecular formula is C26H30BrCl2N5O3. The quantitative estimate of drug-likeness (QED) is 0.318. The van der Waals surface area contributed by atoms with Crippen molar-refractivity contribution in [3.05, 3.63) is 55.0 Å². The first-order valence-electron chi connectivity index (χ1n) is 12.1. The molecule has 1 aliphatic rings. The molecule has 3 aromatic rings. The van der Waals surface area contributed by atoms with Gasteiger partial charge in [-0.05, 0) is 63.4 Å². The molecule has 0 radical (unpaired) electrons. The highest BCUT2D eigenvalue weighted by Gasteiger charge is 2.32. The molecule has 1 fully saturated rings. The van der Waals surface area contributed by atoms with Gasteiger partial charge in [0, 0.05) is 30.1 Å². The van der Waals surface area contributed by atoms with E-state index in [2.05, 4.69) is 39.7 Å². The van der Waals surface area contributed by atoms with Gasteiger partial charge in [-0.25, -0.2) is 19.1 Å². The van der Waals surface area contributed by atoms with Crippen molar-refractivity contribution >= 4 is 62.1 Å². The Morgan fingerprint density at radius 1 is 1.16 bits per heavy atom. The maximum Gasteiger partial charge on any atom is 0.410 e. The largest absolute Gasteiger partial charge is 0.444 e. The van der Waals surface area contributed by atoms with E-state index in [0.29, 0.717) is 42.2 Å². The number of nitrogens with zero attached hydrogens (tertiary/aromatic N) is 5. The van der Waals surface area contributed by atoms with Crippen LogP contribution in [0.4, 0.5) is 10.6 Å². The standard InChI is InChI=1S/C26H30BrCl2N5O3/c1-14(2)17-11-16(27)7-8-20(17)34-23-18(12-19(28)21(29)30-23)22(31-24(34)35)33-10-9-32(13-15(33)3)25(36)37-26(4,5)6/h7-8,11-12,14-15H,9-10,13H2,1-6H3. The maximum atomic E-state index is 13.6. The van der Waals surface area contributed by atoms with Crippen LogP contribution < -0.4 is 10.6 Å². The number of anilines is 1. The molecular weight excluding hydrogens is 581 g/mol. The van der Waals surface area contributed by atoms with Crippen LogP contribution in [0.5, 0.6) is 0 Å². The summed E-state index contributed by atoms with van der Waals surface area (Å²) < 4.78 is 7.94. The van der Waals surface area contributed by atoms with Crippen molar-refractivity contribution in [2.24, 2.45) is 0 Å². The molecule has 1 unspecified atom stereocenters. The molecule has 1 saturated heterocycles. The van der Waals surface area contributed by atoms with Crippen molar-refractivity contribution < 1.29 is 9.53 Å². The van der Waals surface area contributed by atoms with Gasteiger partial charge in [-0.3, -0.25) is 0 Å². The van der Waals surface area contributed by atoms with E-state index in [9.17, 15) is 9.59 Å². The molecule has 0 aliphatic carbocycles. The first-order valence-corrected chi connectivity index (χ1v) is 13.6. The Kier molecular flexibility index (Phi) is 7.79. The number of piperazine rings is 1. The van der Waals surface area contributed by atoms with E-state index in [1.165, 1.54) is 4.57 Å². The number of carbonyl (C=O) groups excluding carboxylic acids is 1. The second-order valence-electron chi connectivity index (χ2n) is 10.5. The fourth-order valence-electron chi connectivity index (χ4n) is 4.48. The molecule has 1 aromatic carbocycles. The van der Waals surface area contributed by atoms with Gasteiger partial charge in [0.25, 0.3) is 0 Å². The smallest absolute Gasteiger partial charge is 0.410 e. The number of fused-ring (bicyclic) bond motifs is 1. The number of aromatic nitrogens is 3. The molecule has 0 spiro atoms. The molecule has 0 saturated carbocycles. The van der Waals surface area contributed by atoms with Crippen LogP contribution in [0.2, 0.25) is 10.2 Å². The Labute approximate surface area is 234 Å². The van der Waals surface area contributed by atoms with Gasteiger partial charge >= 0.3 is 11.8 Å². The van der Waals surface area contributed by atoms with Gasteiger partial charge in [0.05, 0.1) is 16.1 Å². The molecule has 0 bridgehead atoms. The molecule has 8 nitrogen and oxygen atoms in total. The SMILES string of the molecule is CC(C)c1cc(Br)ccc1-n1c(=O)nc(N2CCN(C(=O)OC(C)(C)C)CC2C)c2cc(Cl)c(Cl)nc21. The van der Waals surface area contributed by atoms with Crippen molar-refractivity contribution in [3.8, 4) is 5.69 Å². The number of amides is 1. The van der Waals surface area contributed by atoms with Crippen LogP contribution >= 0.6 is 39.1 Å². The molecule has 4 rings (SSSR count). The van der Waals surface area contributed by atoms with Crippen LogP contribution in [0.15, 0.2) is 33.5 Å². The zero-order chi connectivity index (χ0) is 27.2. The predicted octanol–water partition coefficient (Wildman–Crippen LogP) is 6.42. The zero-order valence-corrected chi connectivity index (χ0v) is 24.8. The van der Waals surface area contributed by atoms with Gasteiger partial charge < -0.3 is 14.5 Å². The normalized spacial score (nSPS) is 16.5. The lowest BCUT2D eigenvalue weighted by molar-refractivity contribution is 0.0218. The monoisotopic (exact) mass is 609 g/mol. The molecule has 1 atom stereocenters. The predicted molar refractivity (Wildman–Crippen MR) is 152 cm³/mol. The Morgan fingerprint density at radius 3 is 2.49 bits per heavy atom. The van der Waals surface area contributed by atoms with Gasteiger partial charge in [0.15, 0.2) is 5.65 Å². The average molecular weight is 611 g/mol. The van der Waals surface area contributed by atoms with Gasteiger partial charge in [-0.1, -0.05) is 53.0 Å². The summed E-state index contributed by atoms with van der Waals surface area (Å²) in [5.41, 5.74) is 0.957. The molecule has 3 heterocycles. The van der Waals surface area contributed by atoms with E-state index in [4.69, 9.17) is 27.9 Å². The Morgan fingerprint density at radius 2 is 1.86 bits per heavy atom. The lowest BCUT2D eigenvalue weighted by Gasteiger charge is -2.41. The third-order valence-corrected chi connectivity index (χ3v) is 7.33. The lowest BCUT2D eigenvalue weighted by Crippen LogP contribution is -2.55. The van der Waals surface area contributed by atoms with E-state index < -0.39 is 11.3 Å². The minimum atomic E-state index is -0.580. The van der Waals surface area contributed by atoms with Crippen LogP contribution in [0.25, 0.3) is 16.7 Å². The van der Waals surface area contributed by atoms with E-state index in [-0.39, 0.29) is 28.2 Å². The topological polar surface area (TPSA) is 80.6 Å². The second-order valence-corrected chi connectivity index (χ2v) is 12.2. The number of halogens is 3. The molecule has 2 aromatic heterocycles. The molecule has 198 valence electrons. The third-order valence-electron chi connectivity index (χ3n) is 6.16. The summed E-state index contributed by atoms with van der Waals surface area (Å²) in [7, 11) is 0. The molecule has 1 amide bonds. The highest BCUT2D eigenvalue weighted by atomic mass is 79.9. The fraction of sp³-hybridized carbons (Fsp3) is 0.462. The average Bonchev–Trinajstić information content (AvgIpc) is 2.79. The van der Waals surface area contributed by atoms with E-state index in [1.807, 2.05) is 50.8 Å². The highest BCUT2D eigenvalue weighted by Crippen LogP contribution is 2.34. The molecule has 11 heteroatoms. The van der Waals surface area contributed by atoms with Gasteiger partial charge in [-0.15, -0.1) is 0 Å². The minimum absolute atomic E-state index is 0.102. The number of rotatable bonds is 3. The minimum Gasteiger partial charge on any atom is -0.444 e. The van der Waals surface area contributed by atoms with Crippen molar-refractivity contribution in [2.45, 2.75) is 59.1 Å². The summed E-state index contributed by atoms with van der Waals surface area (Å²) in [5.74, 6) is 0.597. The molecule has 0 N–H and O–H groups in total. The number of pyridine rings is 1. The fourth-order valence-corrected chi connectivity index (χ4v) is 5.14. The Bertz CT molecular complexity index is 1420. The Hall–Kier alpha value is -2.36. The molecule has 1 aliphatic heterocycles. The summed E-state index contributed by atoms with van der Waals surface area (Å²) in [6.07, 6.45) is -0.361. The van der Waals surface area contributed by atoms with Crippen LogP contribution in [0.3, 0.4) is 0 Å². The van der Waals surface area contributed by atoms with Crippen LogP contribution in [-0.2, 0) is 4.74 Å². The zero-order valence-electron chi connectivity index (χ0n) is 21.7. The van der Waals surface area contributed by atoms with Crippen LogP contribution in [-0.4, -0.2) is 56.8 Å². The summed E-state index contributed by atoms with van der Waals surface area (Å²) in [5, 5.41) is 0.969. The number of benzene rings is 1. The number of carbonyl (C=O) groups is 1. The van der Waals surface area contributed by atoms with Gasteiger partial charge in [0.1, 0.15) is 16.6 Å². The summed E-state index contributed by atoms with van der Waals surface area (Å²) in [6, 6.07) is 7.30. The third kappa shape index (κ3) is 5.73. The van der Waals surface area contributed by atoms with Crippen molar-refractivity contribution in [1.29, 1.82) is 0 Å². The first-order chi connectivity index (χ1) is 17.3. The first kappa shape index (κ1) is 27.7. The molecule has 37 heavy (non-hydrogen) atoms. The number of hydrogen-bond donors (Lipinski definition) is 0. The highest BCUT2D eigenvalue weighted by molar-refractivity contribution is 9.10. The summed E-state index contributed by atoms with van der Waals surface area (Å²) >= 11 is 16.3. The van der Waals surface area contributed by atoms with Crippen molar-refractivity contribution in [2.75, 3.05) is 24.5 Å². The number of hydrogen-bond acceptors (Lipinski definition) is 6. The van der Waals surface area contributed by atoms with Crippen LogP contribution in [0.1, 0.15) is 53.0 Å². The maximum absolute atomic E-state index is 13.6. The van der Waals surface area contributed by atoms with Gasteiger partial charge in [-0.2, -0.15) is 4.98 Å². The second kappa shape index (κ2) is 10.4. The van der Waals surface area contributed by atoms with Crippen LogP contribution in [0, 0.1) is 0 Å². The van der Waals surface area contributed by atoms with E-state index in [1.54, 1.807) is 11.0 Å². The number of ether oxygens (including phenoxy) is 1. The van der Waals surface area contributed by atoms with Crippen molar-refractivity contribution in [1.82, 2.24) is 19.4 Å². The lowest BCUT2D eigenvalue weighted by atomic mass is 10.0.